The van der Waals surface area contributed by atoms with E-state index in [-0.39, 0.29) is 37.4 Å². The van der Waals surface area contributed by atoms with Gasteiger partial charge in [0.1, 0.15) is 17.7 Å². The Morgan fingerprint density at radius 2 is 1.88 bits per heavy atom. The molecule has 0 fully saturated rings. The van der Waals surface area contributed by atoms with Gasteiger partial charge in [-0.05, 0) is 48.4 Å². The number of nitrogens with one attached hydrogen (secondary N) is 2. The number of hydrogen-bond donors (Lipinski definition) is 2. The van der Waals surface area contributed by atoms with E-state index >= 15 is 0 Å². The first kappa shape index (κ1) is 27.5. The first-order chi connectivity index (χ1) is 20.4. The summed E-state index contributed by atoms with van der Waals surface area (Å²) in [6, 6.07) is 17.3. The summed E-state index contributed by atoms with van der Waals surface area (Å²) >= 11 is 1.17. The van der Waals surface area contributed by atoms with Crippen molar-refractivity contribution in [3.8, 4) is 11.5 Å². The van der Waals surface area contributed by atoms with E-state index in [4.69, 9.17) is 14.5 Å². The van der Waals surface area contributed by atoms with Crippen LogP contribution in [0.5, 0.6) is 11.5 Å². The van der Waals surface area contributed by atoms with Crippen LogP contribution in [0.1, 0.15) is 30.9 Å². The summed E-state index contributed by atoms with van der Waals surface area (Å²) in [4.78, 5) is 50.4. The van der Waals surface area contributed by atoms with Gasteiger partial charge in [0.2, 0.25) is 18.6 Å². The zero-order valence-corrected chi connectivity index (χ0v) is 23.3. The normalized spacial score (nSPS) is 17.1. The van der Waals surface area contributed by atoms with Crippen molar-refractivity contribution in [1.29, 1.82) is 0 Å². The van der Waals surface area contributed by atoms with Crippen LogP contribution in [0.15, 0.2) is 76.7 Å². The minimum atomic E-state index is -0.951. The number of para-hydroxylation sites is 1. The van der Waals surface area contributed by atoms with Crippen molar-refractivity contribution in [2.75, 3.05) is 12.1 Å². The molecule has 3 aromatic rings. The lowest BCUT2D eigenvalue weighted by molar-refractivity contribution is -0.128. The molecule has 3 aliphatic heterocycles. The molecule has 2 unspecified atom stereocenters. The van der Waals surface area contributed by atoms with Crippen LogP contribution in [-0.2, 0) is 20.9 Å². The van der Waals surface area contributed by atoms with E-state index in [0.717, 1.165) is 5.56 Å². The summed E-state index contributed by atoms with van der Waals surface area (Å²) in [5, 5.41) is 5.42. The molecular weight excluding hydrogens is 561 g/mol. The van der Waals surface area contributed by atoms with Gasteiger partial charge >= 0.3 is 0 Å². The number of benzene rings is 3. The average molecular weight is 588 g/mol. The van der Waals surface area contributed by atoms with Crippen molar-refractivity contribution >= 4 is 51.9 Å². The molecule has 0 bridgehead atoms. The number of amides is 3. The number of halogens is 1. The Bertz CT molecular complexity index is 1630. The van der Waals surface area contributed by atoms with Crippen LogP contribution < -0.4 is 20.1 Å². The molecule has 2 N–H and O–H groups in total. The van der Waals surface area contributed by atoms with Crippen LogP contribution >= 0.6 is 11.8 Å². The molecular formula is C30H26FN5O5S. The van der Waals surface area contributed by atoms with Gasteiger partial charge < -0.3 is 20.1 Å². The van der Waals surface area contributed by atoms with Crippen LogP contribution in [0.3, 0.4) is 0 Å². The summed E-state index contributed by atoms with van der Waals surface area (Å²) in [5.41, 5.74) is 2.58. The highest BCUT2D eigenvalue weighted by molar-refractivity contribution is 8.15. The van der Waals surface area contributed by atoms with Crippen molar-refractivity contribution in [3.63, 3.8) is 0 Å². The topological polar surface area (TPSA) is 122 Å². The zero-order chi connectivity index (χ0) is 29.2. The van der Waals surface area contributed by atoms with E-state index in [9.17, 15) is 18.8 Å². The first-order valence-corrected chi connectivity index (χ1v) is 14.3. The van der Waals surface area contributed by atoms with Crippen LogP contribution in [-0.4, -0.2) is 51.7 Å². The van der Waals surface area contributed by atoms with Gasteiger partial charge in [-0.15, -0.1) is 0 Å². The van der Waals surface area contributed by atoms with E-state index in [1.54, 1.807) is 30.3 Å². The van der Waals surface area contributed by atoms with E-state index < -0.39 is 17.2 Å². The number of rotatable bonds is 8. The van der Waals surface area contributed by atoms with Gasteiger partial charge in [0.25, 0.3) is 5.91 Å². The second kappa shape index (κ2) is 11.6. The zero-order valence-electron chi connectivity index (χ0n) is 22.5. The highest BCUT2D eigenvalue weighted by Gasteiger charge is 2.43. The number of carbonyl (C=O) groups is 3. The van der Waals surface area contributed by atoms with E-state index in [1.165, 1.54) is 28.8 Å². The molecule has 6 rings (SSSR count). The minimum Gasteiger partial charge on any atom is -0.454 e. The van der Waals surface area contributed by atoms with E-state index in [2.05, 4.69) is 15.6 Å². The quantitative estimate of drug-likeness (QED) is 0.404. The van der Waals surface area contributed by atoms with E-state index in [1.807, 2.05) is 31.2 Å². The number of anilines is 1. The highest BCUT2D eigenvalue weighted by atomic mass is 32.2. The summed E-state index contributed by atoms with van der Waals surface area (Å²) in [6.45, 7) is 2.21. The van der Waals surface area contributed by atoms with Gasteiger partial charge in [-0.2, -0.15) is 0 Å². The fourth-order valence-corrected chi connectivity index (χ4v) is 5.73. The molecule has 214 valence electrons. The second-order valence-corrected chi connectivity index (χ2v) is 10.9. The van der Waals surface area contributed by atoms with Gasteiger partial charge in [0.05, 0.1) is 17.4 Å². The lowest BCUT2D eigenvalue weighted by atomic mass is 10.1. The lowest BCUT2D eigenvalue weighted by Crippen LogP contribution is -2.43. The van der Waals surface area contributed by atoms with Gasteiger partial charge in [0, 0.05) is 23.9 Å². The summed E-state index contributed by atoms with van der Waals surface area (Å²) in [7, 11) is 0. The van der Waals surface area contributed by atoms with Crippen molar-refractivity contribution < 1.29 is 28.2 Å². The SMILES string of the molecule is CCC(SC1=Nc2ccccc2C2=NC(CC(=O)NCc3ccc(F)cc3)C(=O)N12)C(=O)Nc1ccc2c(c1)OCO2. The molecule has 0 spiro atoms. The monoisotopic (exact) mass is 587 g/mol. The Labute approximate surface area is 245 Å². The smallest absolute Gasteiger partial charge is 0.259 e. The van der Waals surface area contributed by atoms with Crippen LogP contribution in [0, 0.1) is 5.82 Å². The summed E-state index contributed by atoms with van der Waals surface area (Å²) < 4.78 is 23.9. The maximum absolute atomic E-state index is 13.6. The number of nitrogens with zero attached hydrogens (tertiary/aromatic N) is 3. The molecule has 3 amide bonds. The van der Waals surface area contributed by atoms with Crippen LogP contribution in [0.2, 0.25) is 0 Å². The molecule has 0 aliphatic carbocycles. The molecule has 3 aliphatic rings. The molecule has 0 saturated heterocycles. The number of ether oxygens (including phenoxy) is 2. The van der Waals surface area contributed by atoms with Crippen LogP contribution in [0.4, 0.5) is 15.8 Å². The summed E-state index contributed by atoms with van der Waals surface area (Å²) in [5.74, 6) is 0.186. The Morgan fingerprint density at radius 3 is 2.69 bits per heavy atom. The van der Waals surface area contributed by atoms with Gasteiger partial charge in [0.15, 0.2) is 16.7 Å². The Hall–Kier alpha value is -4.71. The average Bonchev–Trinajstić information content (AvgIpc) is 3.59. The predicted molar refractivity (Wildman–Crippen MR) is 156 cm³/mol. The maximum atomic E-state index is 13.6. The van der Waals surface area contributed by atoms with Crippen LogP contribution in [0.25, 0.3) is 0 Å². The van der Waals surface area contributed by atoms with Gasteiger partial charge in [-0.1, -0.05) is 43.0 Å². The molecule has 2 atom stereocenters. The fourth-order valence-electron chi connectivity index (χ4n) is 4.71. The summed E-state index contributed by atoms with van der Waals surface area (Å²) in [6.07, 6.45) is 0.299. The maximum Gasteiger partial charge on any atom is 0.259 e. The predicted octanol–water partition coefficient (Wildman–Crippen LogP) is 4.37. The third kappa shape index (κ3) is 5.57. The number of thioether (sulfide) groups is 1. The third-order valence-electron chi connectivity index (χ3n) is 6.88. The number of fused-ring (bicyclic) bond motifs is 4. The Balaban J connectivity index is 1.17. The Morgan fingerprint density at radius 1 is 1.10 bits per heavy atom. The lowest BCUT2D eigenvalue weighted by Gasteiger charge is -2.27. The first-order valence-electron chi connectivity index (χ1n) is 13.4. The van der Waals surface area contributed by atoms with Crippen molar-refractivity contribution in [2.24, 2.45) is 9.98 Å². The largest absolute Gasteiger partial charge is 0.454 e. The third-order valence-corrected chi connectivity index (χ3v) is 8.20. The van der Waals surface area contributed by atoms with Crippen molar-refractivity contribution in [1.82, 2.24) is 10.2 Å². The molecule has 10 nitrogen and oxygen atoms in total. The molecule has 0 aromatic heterocycles. The molecule has 0 saturated carbocycles. The molecule has 0 radical (unpaired) electrons. The molecule has 3 heterocycles. The van der Waals surface area contributed by atoms with Gasteiger partial charge in [-0.25, -0.2) is 14.3 Å². The molecule has 42 heavy (non-hydrogen) atoms. The fraction of sp³-hybridized carbons (Fsp3) is 0.233. The number of aliphatic imine (C=N–C) groups is 2. The number of amidine groups is 2. The molecule has 3 aromatic carbocycles. The standard InChI is InChI=1S/C30H26FN5O5S/c1-2-25(28(38)33-19-11-12-23-24(13-19)41-16-40-23)42-30-35-21-6-4-3-5-20(21)27-34-22(29(39)36(27)30)14-26(37)32-15-17-7-9-18(31)10-8-17/h3-13,22,25H,2,14-16H2,1H3,(H,32,37)(H,33,38). The number of hydrogen-bond acceptors (Lipinski definition) is 8. The Kier molecular flexibility index (Phi) is 7.62. The second-order valence-electron chi connectivity index (χ2n) is 9.73. The molecule has 12 heteroatoms. The van der Waals surface area contributed by atoms with Crippen molar-refractivity contribution in [3.05, 3.63) is 83.7 Å². The van der Waals surface area contributed by atoms with Gasteiger partial charge in [-0.3, -0.25) is 19.4 Å². The highest BCUT2D eigenvalue weighted by Crippen LogP contribution is 2.37. The minimum absolute atomic E-state index is 0.131. The van der Waals surface area contributed by atoms with Crippen molar-refractivity contribution in [2.45, 2.75) is 37.6 Å². The van der Waals surface area contributed by atoms with E-state index in [0.29, 0.717) is 45.9 Å². The number of carbonyl (C=O) groups excluding carboxylic acids is 3.